The Bertz CT molecular complexity index is 949. The molecule has 0 saturated carbocycles. The van der Waals surface area contributed by atoms with Gasteiger partial charge in [0.25, 0.3) is 21.6 Å². The van der Waals surface area contributed by atoms with Gasteiger partial charge < -0.3 is 0 Å². The van der Waals surface area contributed by atoms with E-state index in [4.69, 9.17) is 5.21 Å². The standard InChI is InChI=1S/C17H20N4O6S/c1-12(2)16(17(22)19-23)20(11-13-6-5-9-18-10-13)28(26,27)15-8-4-3-7-14(15)21(24)25/h3-10,12,16,23H,11H2,1-2H3,(H,19,22)/t16-/m0/s1. The molecule has 0 radical (unpaired) electrons. The van der Waals surface area contributed by atoms with Gasteiger partial charge in [0, 0.05) is 25.0 Å². The summed E-state index contributed by atoms with van der Waals surface area (Å²) in [5.74, 6) is -1.48. The molecule has 0 unspecified atom stereocenters. The number of amides is 1. The number of nitro benzene ring substituents is 1. The first-order chi connectivity index (χ1) is 13.2. The Labute approximate surface area is 162 Å². The molecular formula is C17H20N4O6S. The SMILES string of the molecule is CC(C)[C@@H](C(=O)NO)N(Cc1cccnc1)S(=O)(=O)c1ccccc1[N+](=O)[O-]. The van der Waals surface area contributed by atoms with Crippen molar-refractivity contribution < 1.29 is 23.3 Å². The molecule has 1 aromatic carbocycles. The van der Waals surface area contributed by atoms with E-state index in [9.17, 15) is 23.3 Å². The normalized spacial score (nSPS) is 12.8. The smallest absolute Gasteiger partial charge is 0.289 e. The van der Waals surface area contributed by atoms with Crippen molar-refractivity contribution in [2.24, 2.45) is 5.92 Å². The van der Waals surface area contributed by atoms with Crippen molar-refractivity contribution in [1.82, 2.24) is 14.8 Å². The molecule has 0 aliphatic rings. The number of sulfonamides is 1. The van der Waals surface area contributed by atoms with Gasteiger partial charge in [-0.3, -0.25) is 25.1 Å². The van der Waals surface area contributed by atoms with Gasteiger partial charge in [-0.15, -0.1) is 0 Å². The van der Waals surface area contributed by atoms with Gasteiger partial charge in [-0.2, -0.15) is 4.31 Å². The third-order valence-corrected chi connectivity index (χ3v) is 5.91. The quantitative estimate of drug-likeness (QED) is 0.384. The number of aromatic nitrogens is 1. The number of hydroxylamine groups is 1. The van der Waals surface area contributed by atoms with Crippen molar-refractivity contribution in [3.63, 3.8) is 0 Å². The highest BCUT2D eigenvalue weighted by Crippen LogP contribution is 2.30. The van der Waals surface area contributed by atoms with E-state index in [2.05, 4.69) is 4.98 Å². The number of carbonyl (C=O) groups is 1. The van der Waals surface area contributed by atoms with E-state index in [1.807, 2.05) is 0 Å². The second-order valence-electron chi connectivity index (χ2n) is 6.30. The highest BCUT2D eigenvalue weighted by Gasteiger charge is 2.40. The van der Waals surface area contributed by atoms with E-state index in [1.165, 1.54) is 30.0 Å². The van der Waals surface area contributed by atoms with Gasteiger partial charge in [0.2, 0.25) is 0 Å². The van der Waals surface area contributed by atoms with Crippen molar-refractivity contribution in [2.75, 3.05) is 0 Å². The van der Waals surface area contributed by atoms with E-state index in [0.717, 1.165) is 16.4 Å². The van der Waals surface area contributed by atoms with Crippen LogP contribution in [0.15, 0.2) is 53.7 Å². The zero-order valence-electron chi connectivity index (χ0n) is 15.2. The number of hydrogen-bond donors (Lipinski definition) is 2. The van der Waals surface area contributed by atoms with Crippen molar-refractivity contribution in [2.45, 2.75) is 31.3 Å². The number of nitro groups is 1. The molecule has 0 aliphatic heterocycles. The zero-order chi connectivity index (χ0) is 20.9. The minimum atomic E-state index is -4.48. The van der Waals surface area contributed by atoms with Crippen molar-refractivity contribution in [3.8, 4) is 0 Å². The van der Waals surface area contributed by atoms with Crippen LogP contribution in [0.3, 0.4) is 0 Å². The molecule has 0 fully saturated rings. The minimum absolute atomic E-state index is 0.265. The Morgan fingerprint density at radius 2 is 1.96 bits per heavy atom. The van der Waals surface area contributed by atoms with Gasteiger partial charge >= 0.3 is 0 Å². The summed E-state index contributed by atoms with van der Waals surface area (Å²) >= 11 is 0. The number of carbonyl (C=O) groups excluding carboxylic acids is 1. The average Bonchev–Trinajstić information content (AvgIpc) is 2.67. The van der Waals surface area contributed by atoms with Gasteiger partial charge in [-0.05, 0) is 23.6 Å². The predicted octanol–water partition coefficient (Wildman–Crippen LogP) is 1.71. The molecule has 150 valence electrons. The molecule has 0 saturated heterocycles. The van der Waals surface area contributed by atoms with E-state index >= 15 is 0 Å². The summed E-state index contributed by atoms with van der Waals surface area (Å²) in [6, 6.07) is 6.80. The maximum Gasteiger partial charge on any atom is 0.289 e. The lowest BCUT2D eigenvalue weighted by Crippen LogP contribution is -2.51. The van der Waals surface area contributed by atoms with Crippen LogP contribution in [0, 0.1) is 16.0 Å². The molecule has 1 aromatic heterocycles. The highest BCUT2D eigenvalue weighted by molar-refractivity contribution is 7.89. The average molecular weight is 408 g/mol. The van der Waals surface area contributed by atoms with Crippen molar-refractivity contribution in [3.05, 3.63) is 64.5 Å². The van der Waals surface area contributed by atoms with Gasteiger partial charge in [0.05, 0.1) is 4.92 Å². The summed E-state index contributed by atoms with van der Waals surface area (Å²) in [7, 11) is -4.48. The Balaban J connectivity index is 2.66. The Hall–Kier alpha value is -2.89. The lowest BCUT2D eigenvalue weighted by Gasteiger charge is -2.31. The minimum Gasteiger partial charge on any atom is -0.289 e. The van der Waals surface area contributed by atoms with Crippen LogP contribution >= 0.6 is 0 Å². The fourth-order valence-electron chi connectivity index (χ4n) is 2.79. The molecule has 2 aromatic rings. The van der Waals surface area contributed by atoms with Crippen LogP contribution in [0.4, 0.5) is 5.69 Å². The molecule has 2 rings (SSSR count). The Morgan fingerprint density at radius 3 is 2.50 bits per heavy atom. The van der Waals surface area contributed by atoms with E-state index in [1.54, 1.807) is 26.0 Å². The fraction of sp³-hybridized carbons (Fsp3) is 0.294. The van der Waals surface area contributed by atoms with Crippen LogP contribution in [-0.4, -0.2) is 39.8 Å². The number of para-hydroxylation sites is 1. The van der Waals surface area contributed by atoms with Crippen LogP contribution in [0.5, 0.6) is 0 Å². The molecule has 1 heterocycles. The fourth-order valence-corrected chi connectivity index (χ4v) is 4.66. The lowest BCUT2D eigenvalue weighted by atomic mass is 10.0. The van der Waals surface area contributed by atoms with Crippen LogP contribution in [-0.2, 0) is 21.4 Å². The molecule has 1 atom stereocenters. The van der Waals surface area contributed by atoms with E-state index in [0.29, 0.717) is 5.56 Å². The van der Waals surface area contributed by atoms with Gasteiger partial charge in [0.1, 0.15) is 6.04 Å². The molecule has 10 nitrogen and oxygen atoms in total. The van der Waals surface area contributed by atoms with Crippen LogP contribution in [0.2, 0.25) is 0 Å². The van der Waals surface area contributed by atoms with Gasteiger partial charge in [-0.25, -0.2) is 13.9 Å². The first-order valence-electron chi connectivity index (χ1n) is 8.28. The van der Waals surface area contributed by atoms with Crippen LogP contribution in [0.1, 0.15) is 19.4 Å². The summed E-state index contributed by atoms with van der Waals surface area (Å²) in [5.41, 5.74) is 1.35. The maximum absolute atomic E-state index is 13.4. The number of benzene rings is 1. The maximum atomic E-state index is 13.4. The molecule has 28 heavy (non-hydrogen) atoms. The largest absolute Gasteiger partial charge is 0.289 e. The zero-order valence-corrected chi connectivity index (χ0v) is 16.0. The molecule has 0 aliphatic carbocycles. The number of pyridine rings is 1. The first kappa shape index (κ1) is 21.4. The Morgan fingerprint density at radius 1 is 1.29 bits per heavy atom. The number of rotatable bonds is 8. The molecule has 1 amide bonds. The molecule has 11 heteroatoms. The summed E-state index contributed by atoms with van der Waals surface area (Å²) in [4.78, 5) is 26.2. The highest BCUT2D eigenvalue weighted by atomic mass is 32.2. The topological polar surface area (TPSA) is 143 Å². The van der Waals surface area contributed by atoms with Gasteiger partial charge in [0.15, 0.2) is 4.90 Å². The van der Waals surface area contributed by atoms with Crippen LogP contribution < -0.4 is 5.48 Å². The summed E-state index contributed by atoms with van der Waals surface area (Å²) < 4.78 is 27.6. The first-order valence-corrected chi connectivity index (χ1v) is 9.72. The van der Waals surface area contributed by atoms with E-state index in [-0.39, 0.29) is 6.54 Å². The third-order valence-electron chi connectivity index (χ3n) is 4.03. The van der Waals surface area contributed by atoms with Crippen molar-refractivity contribution in [1.29, 1.82) is 0 Å². The molecular weight excluding hydrogens is 388 g/mol. The summed E-state index contributed by atoms with van der Waals surface area (Å²) in [5, 5.41) is 20.4. The molecule has 0 spiro atoms. The molecule has 2 N–H and O–H groups in total. The predicted molar refractivity (Wildman–Crippen MR) is 98.6 cm³/mol. The third kappa shape index (κ3) is 4.50. The number of nitrogens with zero attached hydrogens (tertiary/aromatic N) is 3. The van der Waals surface area contributed by atoms with E-state index < -0.39 is 43.4 Å². The Kier molecular flexibility index (Phi) is 6.78. The number of hydrogen-bond acceptors (Lipinski definition) is 7. The van der Waals surface area contributed by atoms with Crippen LogP contribution in [0.25, 0.3) is 0 Å². The van der Waals surface area contributed by atoms with Gasteiger partial charge in [-0.1, -0.05) is 32.0 Å². The number of nitrogens with one attached hydrogen (secondary N) is 1. The summed E-state index contributed by atoms with van der Waals surface area (Å²) in [6.07, 6.45) is 2.93. The second-order valence-corrected chi connectivity index (χ2v) is 8.16. The lowest BCUT2D eigenvalue weighted by molar-refractivity contribution is -0.387. The summed E-state index contributed by atoms with van der Waals surface area (Å²) in [6.45, 7) is 2.94. The van der Waals surface area contributed by atoms with Crippen molar-refractivity contribution >= 4 is 21.6 Å². The monoisotopic (exact) mass is 408 g/mol. The second kappa shape index (κ2) is 8.87. The molecule has 0 bridgehead atoms.